The zero-order valence-electron chi connectivity index (χ0n) is 13.2. The summed E-state index contributed by atoms with van der Waals surface area (Å²) in [7, 11) is 3.96. The maximum atomic E-state index is 12.0. The molecule has 0 aliphatic carbocycles. The highest BCUT2D eigenvalue weighted by Gasteiger charge is 2.31. The van der Waals surface area contributed by atoms with Gasteiger partial charge in [0.05, 0.1) is 5.92 Å². The fraction of sp³-hybridized carbons (Fsp3) is 0.438. The molecule has 1 aliphatic rings. The summed E-state index contributed by atoms with van der Waals surface area (Å²) in [6.07, 6.45) is 0.752. The van der Waals surface area contributed by atoms with E-state index in [1.165, 1.54) is 0 Å². The van der Waals surface area contributed by atoms with Gasteiger partial charge in [-0.15, -0.1) is 0 Å². The number of hydrogen-bond acceptors (Lipinski definition) is 6. The predicted octanol–water partition coefficient (Wildman–Crippen LogP) is 1.29. The van der Waals surface area contributed by atoms with E-state index >= 15 is 0 Å². The molecule has 1 atom stereocenters. The lowest BCUT2D eigenvalue weighted by Crippen LogP contribution is -2.39. The first-order chi connectivity index (χ1) is 11.0. The first-order valence-electron chi connectivity index (χ1n) is 7.55. The van der Waals surface area contributed by atoms with E-state index in [1.807, 2.05) is 31.1 Å². The summed E-state index contributed by atoms with van der Waals surface area (Å²) >= 11 is 0. The first-order valence-corrected chi connectivity index (χ1v) is 7.55. The summed E-state index contributed by atoms with van der Waals surface area (Å²) in [6.45, 7) is 1.37. The number of ether oxygens (including phenoxy) is 1. The highest BCUT2D eigenvalue weighted by atomic mass is 16.5. The second kappa shape index (κ2) is 6.37. The van der Waals surface area contributed by atoms with Crippen molar-refractivity contribution < 1.29 is 18.8 Å². The highest BCUT2D eigenvalue weighted by molar-refractivity contribution is 6.02. The maximum Gasteiger partial charge on any atom is 0.235 e. The number of aromatic nitrogens is 1. The Kier molecular flexibility index (Phi) is 4.29. The third kappa shape index (κ3) is 3.34. The number of imide groups is 1. The molecule has 1 N–H and O–H groups in total. The fourth-order valence-corrected chi connectivity index (χ4v) is 2.58. The highest BCUT2D eigenvalue weighted by Crippen LogP contribution is 2.32. The standard InChI is InChI=1S/C16H19N3O4/c1-19(2)7-8-22-10-3-5-13-12(9-10)15(18-23-13)11-4-6-14(20)17-16(11)21/h3,5,9,11H,4,6-8H2,1-2H3,(H,17,20,21). The van der Waals surface area contributed by atoms with Gasteiger partial charge in [0.25, 0.3) is 0 Å². The Morgan fingerprint density at radius 3 is 2.96 bits per heavy atom. The number of nitrogens with one attached hydrogen (secondary N) is 1. The van der Waals surface area contributed by atoms with Crippen LogP contribution in [0.5, 0.6) is 5.75 Å². The van der Waals surface area contributed by atoms with Crippen LogP contribution in [0.3, 0.4) is 0 Å². The SMILES string of the molecule is CN(C)CCOc1ccc2onc(C3CCC(=O)NC3=O)c2c1. The lowest BCUT2D eigenvalue weighted by Gasteiger charge is -2.18. The zero-order chi connectivity index (χ0) is 16.4. The molecule has 7 heteroatoms. The van der Waals surface area contributed by atoms with Gasteiger partial charge in [-0.05, 0) is 38.7 Å². The maximum absolute atomic E-state index is 12.0. The number of benzene rings is 1. The topological polar surface area (TPSA) is 84.7 Å². The van der Waals surface area contributed by atoms with Crippen LogP contribution in [-0.4, -0.2) is 49.1 Å². The number of carbonyl (C=O) groups is 2. The molecule has 0 spiro atoms. The van der Waals surface area contributed by atoms with Crippen LogP contribution in [0.4, 0.5) is 0 Å². The quantitative estimate of drug-likeness (QED) is 0.837. The van der Waals surface area contributed by atoms with Crippen molar-refractivity contribution in [1.29, 1.82) is 0 Å². The number of carbonyl (C=O) groups excluding carboxylic acids is 2. The molecule has 0 bridgehead atoms. The molecule has 0 radical (unpaired) electrons. The van der Waals surface area contributed by atoms with E-state index in [4.69, 9.17) is 9.26 Å². The van der Waals surface area contributed by atoms with Crippen molar-refractivity contribution in [3.8, 4) is 5.75 Å². The van der Waals surface area contributed by atoms with Gasteiger partial charge in [-0.3, -0.25) is 14.9 Å². The molecule has 23 heavy (non-hydrogen) atoms. The molecule has 3 rings (SSSR count). The van der Waals surface area contributed by atoms with Gasteiger partial charge in [-0.25, -0.2) is 0 Å². The molecule has 1 fully saturated rings. The molecule has 1 unspecified atom stereocenters. The van der Waals surface area contributed by atoms with E-state index in [0.717, 1.165) is 11.9 Å². The molecule has 1 saturated heterocycles. The molecule has 2 heterocycles. The van der Waals surface area contributed by atoms with Crippen LogP contribution in [-0.2, 0) is 9.59 Å². The molecular formula is C16H19N3O4. The summed E-state index contributed by atoms with van der Waals surface area (Å²) in [4.78, 5) is 25.3. The van der Waals surface area contributed by atoms with Crippen molar-refractivity contribution in [1.82, 2.24) is 15.4 Å². The van der Waals surface area contributed by atoms with Crippen LogP contribution in [0, 0.1) is 0 Å². The second-order valence-corrected chi connectivity index (χ2v) is 5.88. The number of piperidine rings is 1. The van der Waals surface area contributed by atoms with Gasteiger partial charge in [0.2, 0.25) is 11.8 Å². The van der Waals surface area contributed by atoms with Crippen LogP contribution in [0.1, 0.15) is 24.5 Å². The number of fused-ring (bicyclic) bond motifs is 1. The fourth-order valence-electron chi connectivity index (χ4n) is 2.58. The van der Waals surface area contributed by atoms with E-state index in [2.05, 4.69) is 10.5 Å². The Bertz CT molecular complexity index is 738. The van der Waals surface area contributed by atoms with Crippen LogP contribution in [0.15, 0.2) is 22.7 Å². The molecule has 1 aromatic heterocycles. The average Bonchev–Trinajstić information content (AvgIpc) is 2.90. The van der Waals surface area contributed by atoms with E-state index < -0.39 is 5.92 Å². The lowest BCUT2D eigenvalue weighted by molar-refractivity contribution is -0.134. The molecule has 2 amide bonds. The van der Waals surface area contributed by atoms with Crippen molar-refractivity contribution in [3.63, 3.8) is 0 Å². The predicted molar refractivity (Wildman–Crippen MR) is 83.2 cm³/mol. The Labute approximate surface area is 133 Å². The minimum atomic E-state index is -0.467. The lowest BCUT2D eigenvalue weighted by atomic mass is 9.93. The van der Waals surface area contributed by atoms with Crippen molar-refractivity contribution in [2.24, 2.45) is 0 Å². The summed E-state index contributed by atoms with van der Waals surface area (Å²) < 4.78 is 11.0. The van der Waals surface area contributed by atoms with Crippen molar-refractivity contribution in [2.75, 3.05) is 27.2 Å². The number of likely N-dealkylation sites (N-methyl/N-ethyl adjacent to an activating group) is 1. The van der Waals surface area contributed by atoms with Gasteiger partial charge < -0.3 is 14.2 Å². The summed E-state index contributed by atoms with van der Waals surface area (Å²) in [5, 5.41) is 7.13. The van der Waals surface area contributed by atoms with Crippen LogP contribution in [0.25, 0.3) is 11.0 Å². The number of rotatable bonds is 5. The Morgan fingerprint density at radius 1 is 1.39 bits per heavy atom. The minimum Gasteiger partial charge on any atom is -0.492 e. The molecule has 0 saturated carbocycles. The van der Waals surface area contributed by atoms with Crippen LogP contribution >= 0.6 is 0 Å². The van der Waals surface area contributed by atoms with E-state index in [-0.39, 0.29) is 11.8 Å². The summed E-state index contributed by atoms with van der Waals surface area (Å²) in [5.41, 5.74) is 1.16. The number of amides is 2. The second-order valence-electron chi connectivity index (χ2n) is 5.88. The van der Waals surface area contributed by atoms with Crippen molar-refractivity contribution >= 4 is 22.8 Å². The molecule has 7 nitrogen and oxygen atoms in total. The van der Waals surface area contributed by atoms with Crippen molar-refractivity contribution in [2.45, 2.75) is 18.8 Å². The smallest absolute Gasteiger partial charge is 0.235 e. The van der Waals surface area contributed by atoms with Gasteiger partial charge >= 0.3 is 0 Å². The van der Waals surface area contributed by atoms with Gasteiger partial charge in [-0.1, -0.05) is 5.16 Å². The number of hydrogen-bond donors (Lipinski definition) is 1. The summed E-state index contributed by atoms with van der Waals surface area (Å²) in [6, 6.07) is 5.43. The Morgan fingerprint density at radius 2 is 2.22 bits per heavy atom. The van der Waals surface area contributed by atoms with Gasteiger partial charge in [0.15, 0.2) is 5.58 Å². The molecule has 1 aromatic carbocycles. The largest absolute Gasteiger partial charge is 0.492 e. The van der Waals surface area contributed by atoms with E-state index in [1.54, 1.807) is 6.07 Å². The number of nitrogens with zero attached hydrogens (tertiary/aromatic N) is 2. The zero-order valence-corrected chi connectivity index (χ0v) is 13.2. The van der Waals surface area contributed by atoms with Gasteiger partial charge in [0.1, 0.15) is 18.1 Å². The van der Waals surface area contributed by atoms with E-state index in [0.29, 0.717) is 36.5 Å². The monoisotopic (exact) mass is 317 g/mol. The average molecular weight is 317 g/mol. The van der Waals surface area contributed by atoms with Crippen LogP contribution < -0.4 is 10.1 Å². The van der Waals surface area contributed by atoms with Gasteiger partial charge in [0, 0.05) is 18.4 Å². The Hall–Kier alpha value is -2.41. The van der Waals surface area contributed by atoms with Crippen LogP contribution in [0.2, 0.25) is 0 Å². The molecule has 122 valence electrons. The summed E-state index contributed by atoms with van der Waals surface area (Å²) in [5.74, 6) is -0.329. The third-order valence-electron chi connectivity index (χ3n) is 3.85. The van der Waals surface area contributed by atoms with Gasteiger partial charge in [-0.2, -0.15) is 0 Å². The Balaban J connectivity index is 1.83. The normalized spacial score (nSPS) is 18.5. The molecule has 2 aromatic rings. The first kappa shape index (κ1) is 15.5. The minimum absolute atomic E-state index is 0.244. The van der Waals surface area contributed by atoms with Crippen molar-refractivity contribution in [3.05, 3.63) is 23.9 Å². The molecule has 1 aliphatic heterocycles. The molecular weight excluding hydrogens is 298 g/mol. The third-order valence-corrected chi connectivity index (χ3v) is 3.85. The van der Waals surface area contributed by atoms with E-state index in [9.17, 15) is 9.59 Å².